The van der Waals surface area contributed by atoms with Crippen LogP contribution in [0.15, 0.2) is 24.3 Å². The second kappa shape index (κ2) is 8.03. The molecule has 1 atom stereocenters. The van der Waals surface area contributed by atoms with Crippen LogP contribution in [-0.4, -0.2) is 41.1 Å². The van der Waals surface area contributed by atoms with Crippen LogP contribution in [0.4, 0.5) is 0 Å². The summed E-state index contributed by atoms with van der Waals surface area (Å²) in [4.78, 5) is 24.7. The highest BCUT2D eigenvalue weighted by molar-refractivity contribution is 6.32. The van der Waals surface area contributed by atoms with Crippen LogP contribution in [0.2, 0.25) is 5.02 Å². The van der Waals surface area contributed by atoms with Gasteiger partial charge in [-0.1, -0.05) is 23.7 Å². The Hall–Kier alpha value is -1.75. The smallest absolute Gasteiger partial charge is 0.305 e. The number of ether oxygens (including phenoxy) is 1. The van der Waals surface area contributed by atoms with Crippen molar-refractivity contribution in [1.82, 2.24) is 4.90 Å². The Morgan fingerprint density at radius 1 is 1.36 bits per heavy atom. The molecule has 0 spiro atoms. The average molecular weight is 326 g/mol. The third kappa shape index (κ3) is 4.63. The number of aliphatic carboxylic acids is 1. The minimum atomic E-state index is -0.855. The van der Waals surface area contributed by atoms with Gasteiger partial charge in [-0.2, -0.15) is 0 Å². The molecule has 1 unspecified atom stereocenters. The molecule has 0 aliphatic carbocycles. The molecule has 0 bridgehead atoms. The fourth-order valence-electron chi connectivity index (χ4n) is 2.69. The summed E-state index contributed by atoms with van der Waals surface area (Å²) in [5, 5.41) is 9.42. The normalized spacial score (nSPS) is 17.5. The number of carbonyl (C=O) groups excluding carboxylic acids is 1. The van der Waals surface area contributed by atoms with E-state index in [0.29, 0.717) is 36.8 Å². The van der Waals surface area contributed by atoms with Gasteiger partial charge >= 0.3 is 5.97 Å². The van der Waals surface area contributed by atoms with Crippen LogP contribution in [0, 0.1) is 0 Å². The number of carbonyl (C=O) groups is 2. The van der Waals surface area contributed by atoms with Crippen LogP contribution in [0.5, 0.6) is 5.75 Å². The van der Waals surface area contributed by atoms with Crippen LogP contribution >= 0.6 is 11.6 Å². The van der Waals surface area contributed by atoms with E-state index >= 15 is 0 Å². The van der Waals surface area contributed by atoms with Crippen molar-refractivity contribution in [3.05, 3.63) is 29.3 Å². The van der Waals surface area contributed by atoms with Crippen LogP contribution in [0.3, 0.4) is 0 Å². The zero-order chi connectivity index (χ0) is 15.9. The van der Waals surface area contributed by atoms with E-state index in [1.807, 2.05) is 12.1 Å². The molecule has 1 saturated heterocycles. The number of para-hydroxylation sites is 1. The van der Waals surface area contributed by atoms with Crippen molar-refractivity contribution in [2.45, 2.75) is 38.1 Å². The van der Waals surface area contributed by atoms with Gasteiger partial charge in [0.1, 0.15) is 5.75 Å². The Labute approximate surface area is 134 Å². The Morgan fingerprint density at radius 2 is 2.14 bits per heavy atom. The Kier molecular flexibility index (Phi) is 6.07. The molecule has 1 aromatic rings. The fourth-order valence-corrected chi connectivity index (χ4v) is 2.88. The number of carboxylic acid groups (broad SMARTS) is 1. The van der Waals surface area contributed by atoms with E-state index < -0.39 is 5.97 Å². The summed E-state index contributed by atoms with van der Waals surface area (Å²) in [5.74, 6) is -0.236. The maximum absolute atomic E-state index is 12.2. The first kappa shape index (κ1) is 16.6. The molecule has 22 heavy (non-hydrogen) atoms. The van der Waals surface area contributed by atoms with Crippen molar-refractivity contribution in [1.29, 1.82) is 0 Å². The number of nitrogens with zero attached hydrogens (tertiary/aromatic N) is 1. The number of hydrogen-bond donors (Lipinski definition) is 1. The lowest BCUT2D eigenvalue weighted by Crippen LogP contribution is -2.36. The van der Waals surface area contributed by atoms with E-state index in [0.717, 1.165) is 12.8 Å². The second-order valence-electron chi connectivity index (χ2n) is 5.36. The first-order valence-electron chi connectivity index (χ1n) is 7.46. The molecule has 2 rings (SSSR count). The number of hydrogen-bond acceptors (Lipinski definition) is 3. The van der Waals surface area contributed by atoms with Gasteiger partial charge < -0.3 is 14.7 Å². The number of carboxylic acids is 1. The molecule has 1 aromatic carbocycles. The monoisotopic (exact) mass is 325 g/mol. The molecule has 1 N–H and O–H groups in total. The number of likely N-dealkylation sites (tertiary alicyclic amines) is 1. The van der Waals surface area contributed by atoms with Crippen molar-refractivity contribution in [2.24, 2.45) is 0 Å². The molecule has 0 aromatic heterocycles. The molecule has 1 fully saturated rings. The minimum Gasteiger partial charge on any atom is -0.492 e. The van der Waals surface area contributed by atoms with E-state index in [2.05, 4.69) is 0 Å². The minimum absolute atomic E-state index is 0.00603. The van der Waals surface area contributed by atoms with Crippen molar-refractivity contribution >= 4 is 23.5 Å². The molecule has 6 heteroatoms. The van der Waals surface area contributed by atoms with E-state index in [1.165, 1.54) is 0 Å². The lowest BCUT2D eigenvalue weighted by atomic mass is 10.1. The number of rotatable bonds is 7. The van der Waals surface area contributed by atoms with Gasteiger partial charge in [0.15, 0.2) is 0 Å². The molecule has 1 aliphatic rings. The first-order valence-corrected chi connectivity index (χ1v) is 7.84. The first-order chi connectivity index (χ1) is 10.6. The summed E-state index contributed by atoms with van der Waals surface area (Å²) in [5.41, 5.74) is 0. The maximum Gasteiger partial charge on any atom is 0.305 e. The molecule has 120 valence electrons. The second-order valence-corrected chi connectivity index (χ2v) is 5.77. The Bertz CT molecular complexity index is 535. The number of benzene rings is 1. The topological polar surface area (TPSA) is 66.8 Å². The van der Waals surface area contributed by atoms with Gasteiger partial charge in [0.05, 0.1) is 18.1 Å². The zero-order valence-corrected chi connectivity index (χ0v) is 13.1. The zero-order valence-electron chi connectivity index (χ0n) is 12.3. The van der Waals surface area contributed by atoms with Crippen molar-refractivity contribution in [3.8, 4) is 5.75 Å². The summed E-state index contributed by atoms with van der Waals surface area (Å²) in [6.45, 7) is 1.06. The molecular weight excluding hydrogens is 306 g/mol. The molecule has 1 aliphatic heterocycles. The highest BCUT2D eigenvalue weighted by Gasteiger charge is 2.29. The predicted octanol–water partition coefficient (Wildman–Crippen LogP) is 2.96. The van der Waals surface area contributed by atoms with Gasteiger partial charge in [0, 0.05) is 19.0 Å². The maximum atomic E-state index is 12.2. The summed E-state index contributed by atoms with van der Waals surface area (Å²) in [6, 6.07) is 7.05. The SMILES string of the molecule is O=C(O)CC1CCCN1C(=O)CCCOc1ccccc1Cl. The van der Waals surface area contributed by atoms with Gasteiger partial charge in [-0.05, 0) is 31.4 Å². The summed E-state index contributed by atoms with van der Waals surface area (Å²) < 4.78 is 5.54. The summed E-state index contributed by atoms with van der Waals surface area (Å²) in [6.07, 6.45) is 2.62. The molecular formula is C16H20ClNO4. The standard InChI is InChI=1S/C16H20ClNO4/c17-13-6-1-2-7-14(13)22-10-4-8-15(19)18-9-3-5-12(18)11-16(20)21/h1-2,6-7,12H,3-5,8-11H2,(H,20,21). The molecule has 5 nitrogen and oxygen atoms in total. The van der Waals surface area contributed by atoms with Gasteiger partial charge in [0.25, 0.3) is 0 Å². The van der Waals surface area contributed by atoms with Crippen molar-refractivity contribution < 1.29 is 19.4 Å². The van der Waals surface area contributed by atoms with E-state index in [-0.39, 0.29) is 18.4 Å². The quantitative estimate of drug-likeness (QED) is 0.783. The van der Waals surface area contributed by atoms with Gasteiger partial charge in [-0.15, -0.1) is 0 Å². The van der Waals surface area contributed by atoms with Crippen LogP contribution in [-0.2, 0) is 9.59 Å². The molecule has 0 radical (unpaired) electrons. The highest BCUT2D eigenvalue weighted by atomic mass is 35.5. The van der Waals surface area contributed by atoms with Crippen LogP contribution < -0.4 is 4.74 Å². The van der Waals surface area contributed by atoms with E-state index in [9.17, 15) is 9.59 Å². The Morgan fingerprint density at radius 3 is 2.86 bits per heavy atom. The lowest BCUT2D eigenvalue weighted by molar-refractivity contribution is -0.139. The van der Waals surface area contributed by atoms with Crippen molar-refractivity contribution in [2.75, 3.05) is 13.2 Å². The largest absolute Gasteiger partial charge is 0.492 e. The lowest BCUT2D eigenvalue weighted by Gasteiger charge is -2.23. The molecule has 0 saturated carbocycles. The third-order valence-electron chi connectivity index (χ3n) is 3.74. The Balaban J connectivity index is 1.73. The summed E-state index contributed by atoms with van der Waals surface area (Å²) >= 11 is 5.98. The highest BCUT2D eigenvalue weighted by Crippen LogP contribution is 2.24. The summed E-state index contributed by atoms with van der Waals surface area (Å²) in [7, 11) is 0. The van der Waals surface area contributed by atoms with Gasteiger partial charge in [-0.25, -0.2) is 0 Å². The van der Waals surface area contributed by atoms with Crippen LogP contribution in [0.25, 0.3) is 0 Å². The molecule has 1 heterocycles. The van der Waals surface area contributed by atoms with Crippen molar-refractivity contribution in [3.63, 3.8) is 0 Å². The van der Waals surface area contributed by atoms with Gasteiger partial charge in [0.2, 0.25) is 5.91 Å². The number of halogens is 1. The number of amides is 1. The van der Waals surface area contributed by atoms with Crippen LogP contribution in [0.1, 0.15) is 32.1 Å². The van der Waals surface area contributed by atoms with E-state index in [1.54, 1.807) is 17.0 Å². The molecule has 1 amide bonds. The fraction of sp³-hybridized carbons (Fsp3) is 0.500. The average Bonchev–Trinajstić information content (AvgIpc) is 2.92. The van der Waals surface area contributed by atoms with E-state index in [4.69, 9.17) is 21.4 Å². The van der Waals surface area contributed by atoms with Gasteiger partial charge in [-0.3, -0.25) is 9.59 Å². The predicted molar refractivity (Wildman–Crippen MR) is 83.2 cm³/mol. The third-order valence-corrected chi connectivity index (χ3v) is 4.05.